The summed E-state index contributed by atoms with van der Waals surface area (Å²) in [4.78, 5) is 0. The summed E-state index contributed by atoms with van der Waals surface area (Å²) in [6.07, 6.45) is 6.56. The van der Waals surface area contributed by atoms with Crippen LogP contribution in [0.3, 0.4) is 0 Å². The second-order valence-corrected chi connectivity index (χ2v) is 6.94. The van der Waals surface area contributed by atoms with Gasteiger partial charge in [0, 0.05) is 0 Å². The maximum Gasteiger partial charge on any atom is 0.0837 e. The highest BCUT2D eigenvalue weighted by Crippen LogP contribution is 2.28. The zero-order valence-corrected chi connectivity index (χ0v) is 16.7. The molecule has 0 bridgehead atoms. The Kier molecular flexibility index (Phi) is 14.2. The molecule has 0 aromatic carbocycles. The number of ether oxygens (including phenoxy) is 7. The van der Waals surface area contributed by atoms with Crippen LogP contribution in [0, 0.1) is 5.92 Å². The summed E-state index contributed by atoms with van der Waals surface area (Å²) in [5, 5.41) is 0. The van der Waals surface area contributed by atoms with Crippen molar-refractivity contribution in [3.05, 3.63) is 0 Å². The van der Waals surface area contributed by atoms with E-state index in [2.05, 4.69) is 0 Å². The van der Waals surface area contributed by atoms with E-state index in [9.17, 15) is 0 Å². The standard InChI is InChI=1S/C20H38O7/c1-2-4-19(5-3-1)20-18-26-15-14-24-11-10-22-7-6-21-8-9-23-12-13-25-16-17-27-20/h19-20H,1-18H2. The highest BCUT2D eigenvalue weighted by molar-refractivity contribution is 4.74. The van der Waals surface area contributed by atoms with Gasteiger partial charge in [-0.3, -0.25) is 0 Å². The van der Waals surface area contributed by atoms with Crippen LogP contribution in [0.4, 0.5) is 0 Å². The van der Waals surface area contributed by atoms with Gasteiger partial charge in [0.15, 0.2) is 0 Å². The van der Waals surface area contributed by atoms with E-state index in [1.54, 1.807) is 0 Å². The Morgan fingerprint density at radius 2 is 0.815 bits per heavy atom. The molecule has 0 amide bonds. The molecule has 1 aliphatic heterocycles. The van der Waals surface area contributed by atoms with Gasteiger partial charge in [0.1, 0.15) is 0 Å². The summed E-state index contributed by atoms with van der Waals surface area (Å²) in [7, 11) is 0. The first-order valence-corrected chi connectivity index (χ1v) is 10.5. The summed E-state index contributed by atoms with van der Waals surface area (Å²) in [6.45, 7) is 7.58. The first-order chi connectivity index (χ1) is 13.5. The SMILES string of the molecule is C1CCC(C2COCCOCCOCCOCCOCCOCCO2)CC1. The smallest absolute Gasteiger partial charge is 0.0837 e. The Morgan fingerprint density at radius 3 is 1.30 bits per heavy atom. The van der Waals surface area contributed by atoms with Crippen LogP contribution < -0.4 is 0 Å². The molecule has 2 aliphatic rings. The molecule has 7 nitrogen and oxygen atoms in total. The van der Waals surface area contributed by atoms with Crippen LogP contribution in [0.5, 0.6) is 0 Å². The van der Waals surface area contributed by atoms with Crippen molar-refractivity contribution in [3.8, 4) is 0 Å². The predicted molar refractivity (Wildman–Crippen MR) is 101 cm³/mol. The van der Waals surface area contributed by atoms with Gasteiger partial charge in [-0.15, -0.1) is 0 Å². The number of rotatable bonds is 1. The van der Waals surface area contributed by atoms with E-state index >= 15 is 0 Å². The van der Waals surface area contributed by atoms with E-state index in [-0.39, 0.29) is 6.10 Å². The van der Waals surface area contributed by atoms with Crippen molar-refractivity contribution in [2.75, 3.05) is 85.9 Å². The molecule has 1 heterocycles. The van der Waals surface area contributed by atoms with Crippen molar-refractivity contribution in [1.29, 1.82) is 0 Å². The maximum atomic E-state index is 6.11. The van der Waals surface area contributed by atoms with E-state index in [1.165, 1.54) is 32.1 Å². The molecular formula is C20H38O7. The molecule has 0 aromatic rings. The molecule has 27 heavy (non-hydrogen) atoms. The lowest BCUT2D eigenvalue weighted by atomic mass is 9.85. The summed E-state index contributed by atoms with van der Waals surface area (Å²) in [5.74, 6) is 0.595. The summed E-state index contributed by atoms with van der Waals surface area (Å²) >= 11 is 0. The van der Waals surface area contributed by atoms with Crippen molar-refractivity contribution in [2.24, 2.45) is 5.92 Å². The lowest BCUT2D eigenvalue weighted by Crippen LogP contribution is -2.32. The van der Waals surface area contributed by atoms with Gasteiger partial charge in [-0.2, -0.15) is 0 Å². The second-order valence-electron chi connectivity index (χ2n) is 6.94. The lowest BCUT2D eigenvalue weighted by Gasteiger charge is -2.30. The molecule has 0 aromatic heterocycles. The second kappa shape index (κ2) is 16.7. The van der Waals surface area contributed by atoms with Crippen LogP contribution >= 0.6 is 0 Å². The van der Waals surface area contributed by atoms with Crippen molar-refractivity contribution in [2.45, 2.75) is 38.2 Å². The third-order valence-corrected chi connectivity index (χ3v) is 4.88. The number of hydrogen-bond acceptors (Lipinski definition) is 7. The Labute approximate surface area is 163 Å². The Morgan fingerprint density at radius 1 is 0.407 bits per heavy atom. The molecule has 2 fully saturated rings. The first-order valence-electron chi connectivity index (χ1n) is 10.5. The molecule has 1 unspecified atom stereocenters. The fourth-order valence-corrected chi connectivity index (χ4v) is 3.38. The summed E-state index contributed by atoms with van der Waals surface area (Å²) in [5.41, 5.74) is 0. The van der Waals surface area contributed by atoms with Gasteiger partial charge in [0.2, 0.25) is 0 Å². The fraction of sp³-hybridized carbons (Fsp3) is 1.00. The van der Waals surface area contributed by atoms with Crippen LogP contribution in [-0.2, 0) is 33.2 Å². The average molecular weight is 391 g/mol. The van der Waals surface area contributed by atoms with E-state index in [1.807, 2.05) is 0 Å². The van der Waals surface area contributed by atoms with Gasteiger partial charge in [-0.05, 0) is 18.8 Å². The molecule has 7 heteroatoms. The van der Waals surface area contributed by atoms with E-state index in [0.717, 1.165) is 0 Å². The van der Waals surface area contributed by atoms with Gasteiger partial charge in [0.25, 0.3) is 0 Å². The van der Waals surface area contributed by atoms with Crippen molar-refractivity contribution in [1.82, 2.24) is 0 Å². The van der Waals surface area contributed by atoms with Gasteiger partial charge < -0.3 is 33.2 Å². The topological polar surface area (TPSA) is 64.6 Å². The van der Waals surface area contributed by atoms with Gasteiger partial charge >= 0.3 is 0 Å². The quantitative estimate of drug-likeness (QED) is 0.679. The monoisotopic (exact) mass is 390 g/mol. The summed E-state index contributed by atoms with van der Waals surface area (Å²) in [6, 6.07) is 0. The molecule has 160 valence electrons. The molecule has 1 aliphatic carbocycles. The van der Waals surface area contributed by atoms with Gasteiger partial charge in [-0.25, -0.2) is 0 Å². The molecule has 1 atom stereocenters. The normalized spacial score (nSPS) is 28.2. The van der Waals surface area contributed by atoms with Crippen molar-refractivity contribution in [3.63, 3.8) is 0 Å². The highest BCUT2D eigenvalue weighted by atomic mass is 16.6. The molecule has 2 rings (SSSR count). The molecule has 0 radical (unpaired) electrons. The minimum absolute atomic E-state index is 0.153. The van der Waals surface area contributed by atoms with Crippen LogP contribution in [0.15, 0.2) is 0 Å². The van der Waals surface area contributed by atoms with E-state index in [4.69, 9.17) is 33.2 Å². The zero-order valence-electron chi connectivity index (χ0n) is 16.7. The Bertz CT molecular complexity index is 301. The van der Waals surface area contributed by atoms with Crippen LogP contribution in [-0.4, -0.2) is 92.0 Å². The zero-order chi connectivity index (χ0) is 18.8. The van der Waals surface area contributed by atoms with Gasteiger partial charge in [0.05, 0.1) is 92.0 Å². The number of hydrogen-bond donors (Lipinski definition) is 0. The first kappa shape index (κ1) is 23.0. The van der Waals surface area contributed by atoms with E-state index < -0.39 is 0 Å². The van der Waals surface area contributed by atoms with Crippen molar-refractivity contribution >= 4 is 0 Å². The average Bonchev–Trinajstić information content (AvgIpc) is 2.70. The molecule has 1 saturated heterocycles. The maximum absolute atomic E-state index is 6.11. The van der Waals surface area contributed by atoms with Crippen molar-refractivity contribution < 1.29 is 33.2 Å². The van der Waals surface area contributed by atoms with Crippen LogP contribution in [0.25, 0.3) is 0 Å². The third kappa shape index (κ3) is 12.0. The molecule has 1 saturated carbocycles. The Balaban J connectivity index is 1.67. The third-order valence-electron chi connectivity index (χ3n) is 4.88. The van der Waals surface area contributed by atoms with Crippen LogP contribution in [0.1, 0.15) is 32.1 Å². The molecule has 0 N–H and O–H groups in total. The predicted octanol–water partition coefficient (Wildman–Crippen LogP) is 2.07. The fourth-order valence-electron chi connectivity index (χ4n) is 3.38. The molecule has 0 spiro atoms. The summed E-state index contributed by atoms with van der Waals surface area (Å²) < 4.78 is 39.4. The largest absolute Gasteiger partial charge is 0.377 e. The minimum Gasteiger partial charge on any atom is -0.377 e. The van der Waals surface area contributed by atoms with E-state index in [0.29, 0.717) is 91.8 Å². The highest BCUT2D eigenvalue weighted by Gasteiger charge is 2.24. The molecular weight excluding hydrogens is 352 g/mol. The Hall–Kier alpha value is -0.280. The lowest BCUT2D eigenvalue weighted by molar-refractivity contribution is -0.0792. The minimum atomic E-state index is 0.153. The van der Waals surface area contributed by atoms with Gasteiger partial charge in [-0.1, -0.05) is 19.3 Å². The van der Waals surface area contributed by atoms with Crippen LogP contribution in [0.2, 0.25) is 0 Å².